The molecule has 11 heavy (non-hydrogen) atoms. The van der Waals surface area contributed by atoms with E-state index in [1.54, 1.807) is 0 Å². The Labute approximate surface area is 87.0 Å². The number of hydrogen-bond acceptors (Lipinski definition) is 1. The van der Waals surface area contributed by atoms with Gasteiger partial charge in [0.05, 0.1) is 12.7 Å². The highest BCUT2D eigenvalue weighted by molar-refractivity contribution is 14.1. The van der Waals surface area contributed by atoms with Crippen LogP contribution in [-0.2, 0) is 4.74 Å². The van der Waals surface area contributed by atoms with Crippen LogP contribution >= 0.6 is 34.2 Å². The third-order valence-electron chi connectivity index (χ3n) is 2.36. The van der Waals surface area contributed by atoms with E-state index >= 15 is 0 Å². The van der Waals surface area contributed by atoms with E-state index in [0.717, 1.165) is 6.61 Å². The molecule has 1 aliphatic heterocycles. The van der Waals surface area contributed by atoms with Crippen molar-refractivity contribution < 1.29 is 4.74 Å². The van der Waals surface area contributed by atoms with Crippen LogP contribution in [-0.4, -0.2) is 22.5 Å². The Morgan fingerprint density at radius 2 is 2.18 bits per heavy atom. The van der Waals surface area contributed by atoms with E-state index in [4.69, 9.17) is 16.3 Å². The Bertz CT molecular complexity index is 129. The SMILES string of the molecule is C[C@H]1[C@@H](I)[C@@H](C)CO[C@@H]1CCl. The highest BCUT2D eigenvalue weighted by atomic mass is 127. The lowest BCUT2D eigenvalue weighted by atomic mass is 9.91. The summed E-state index contributed by atoms with van der Waals surface area (Å²) in [6.07, 6.45) is 0.273. The van der Waals surface area contributed by atoms with E-state index in [9.17, 15) is 0 Å². The molecule has 1 saturated heterocycles. The fourth-order valence-corrected chi connectivity index (χ4v) is 2.47. The Balaban J connectivity index is 2.52. The summed E-state index contributed by atoms with van der Waals surface area (Å²) in [7, 11) is 0. The molecule has 0 spiro atoms. The van der Waals surface area contributed by atoms with Crippen LogP contribution < -0.4 is 0 Å². The molecule has 0 aliphatic carbocycles. The monoisotopic (exact) mass is 288 g/mol. The van der Waals surface area contributed by atoms with E-state index in [2.05, 4.69) is 36.4 Å². The van der Waals surface area contributed by atoms with Gasteiger partial charge in [-0.2, -0.15) is 0 Å². The van der Waals surface area contributed by atoms with Gasteiger partial charge < -0.3 is 4.74 Å². The van der Waals surface area contributed by atoms with Crippen molar-refractivity contribution in [3.05, 3.63) is 0 Å². The quantitative estimate of drug-likeness (QED) is 0.532. The molecule has 4 atom stereocenters. The van der Waals surface area contributed by atoms with Gasteiger partial charge in [-0.25, -0.2) is 0 Å². The molecule has 3 heteroatoms. The Morgan fingerprint density at radius 3 is 2.73 bits per heavy atom. The van der Waals surface area contributed by atoms with Gasteiger partial charge >= 0.3 is 0 Å². The van der Waals surface area contributed by atoms with Crippen LogP contribution in [0.5, 0.6) is 0 Å². The second kappa shape index (κ2) is 4.28. The first-order valence-corrected chi connectivity index (χ1v) is 5.76. The zero-order valence-electron chi connectivity index (χ0n) is 6.89. The molecule has 1 aliphatic rings. The minimum atomic E-state index is 0.273. The molecule has 0 N–H and O–H groups in total. The van der Waals surface area contributed by atoms with Crippen LogP contribution in [0.25, 0.3) is 0 Å². The van der Waals surface area contributed by atoms with Crippen molar-refractivity contribution in [3.8, 4) is 0 Å². The lowest BCUT2D eigenvalue weighted by Crippen LogP contribution is -2.41. The van der Waals surface area contributed by atoms with Gasteiger partial charge in [-0.15, -0.1) is 11.6 Å². The van der Waals surface area contributed by atoms with Crippen molar-refractivity contribution in [2.75, 3.05) is 12.5 Å². The summed E-state index contributed by atoms with van der Waals surface area (Å²) >= 11 is 8.27. The Morgan fingerprint density at radius 1 is 1.55 bits per heavy atom. The average Bonchev–Trinajstić information content (AvgIpc) is 2.01. The van der Waals surface area contributed by atoms with Gasteiger partial charge in [0.1, 0.15) is 0 Å². The molecule has 0 saturated carbocycles. The third kappa shape index (κ3) is 2.22. The van der Waals surface area contributed by atoms with Crippen LogP contribution in [0.3, 0.4) is 0 Å². The number of rotatable bonds is 1. The van der Waals surface area contributed by atoms with Crippen molar-refractivity contribution in [2.45, 2.75) is 23.9 Å². The van der Waals surface area contributed by atoms with Crippen molar-refractivity contribution >= 4 is 34.2 Å². The maximum Gasteiger partial charge on any atom is 0.0746 e. The predicted molar refractivity (Wildman–Crippen MR) is 56.6 cm³/mol. The van der Waals surface area contributed by atoms with Crippen LogP contribution in [0.2, 0.25) is 0 Å². The van der Waals surface area contributed by atoms with Crippen molar-refractivity contribution in [2.24, 2.45) is 11.8 Å². The Hall–Kier alpha value is 0.980. The number of hydrogen-bond donors (Lipinski definition) is 0. The van der Waals surface area contributed by atoms with E-state index in [1.165, 1.54) is 0 Å². The smallest absolute Gasteiger partial charge is 0.0746 e. The van der Waals surface area contributed by atoms with Crippen LogP contribution in [0.4, 0.5) is 0 Å². The second-order valence-corrected chi connectivity index (χ2v) is 5.05. The molecule has 0 unspecified atom stereocenters. The number of ether oxygens (including phenoxy) is 1. The first-order chi connectivity index (χ1) is 5.16. The highest BCUT2D eigenvalue weighted by Gasteiger charge is 2.32. The second-order valence-electron chi connectivity index (χ2n) is 3.31. The maximum absolute atomic E-state index is 5.76. The molecule has 66 valence electrons. The maximum atomic E-state index is 5.76. The predicted octanol–water partition coefficient (Wildman–Crippen LogP) is 2.70. The lowest BCUT2D eigenvalue weighted by molar-refractivity contribution is -0.0255. The van der Waals surface area contributed by atoms with Crippen LogP contribution in [0.1, 0.15) is 13.8 Å². The van der Waals surface area contributed by atoms with E-state index < -0.39 is 0 Å². The third-order valence-corrected chi connectivity index (χ3v) is 5.02. The Kier molecular flexibility index (Phi) is 3.92. The molecule has 1 fully saturated rings. The summed E-state index contributed by atoms with van der Waals surface area (Å²) in [5, 5.41) is 0. The van der Waals surface area contributed by atoms with E-state index in [-0.39, 0.29) is 6.10 Å². The standard InChI is InChI=1S/C8H14ClIO/c1-5-4-11-7(3-9)6(2)8(5)10/h5-8H,3-4H2,1-2H3/t5-,6+,7+,8-/m0/s1. The fraction of sp³-hybridized carbons (Fsp3) is 1.00. The van der Waals surface area contributed by atoms with Gasteiger partial charge in [-0.05, 0) is 11.8 Å². The van der Waals surface area contributed by atoms with Crippen LogP contribution in [0.15, 0.2) is 0 Å². The molecule has 1 nitrogen and oxygen atoms in total. The van der Waals surface area contributed by atoms with Gasteiger partial charge in [-0.1, -0.05) is 36.4 Å². The first kappa shape index (κ1) is 10.1. The van der Waals surface area contributed by atoms with Crippen LogP contribution in [0, 0.1) is 11.8 Å². The zero-order chi connectivity index (χ0) is 8.43. The summed E-state index contributed by atoms with van der Waals surface area (Å²) in [6.45, 7) is 5.33. The summed E-state index contributed by atoms with van der Waals surface area (Å²) in [5.74, 6) is 1.90. The van der Waals surface area contributed by atoms with Gasteiger partial charge in [-0.3, -0.25) is 0 Å². The first-order valence-electron chi connectivity index (χ1n) is 3.98. The van der Waals surface area contributed by atoms with Gasteiger partial charge in [0.25, 0.3) is 0 Å². The van der Waals surface area contributed by atoms with Gasteiger partial charge in [0.15, 0.2) is 0 Å². The largest absolute Gasteiger partial charge is 0.376 e. The topological polar surface area (TPSA) is 9.23 Å². The summed E-state index contributed by atoms with van der Waals surface area (Å²) in [4.78, 5) is 0. The molecule has 0 bridgehead atoms. The fourth-order valence-electron chi connectivity index (χ4n) is 1.43. The lowest BCUT2D eigenvalue weighted by Gasteiger charge is -2.36. The molecular weight excluding hydrogens is 274 g/mol. The molecule has 1 heterocycles. The zero-order valence-corrected chi connectivity index (χ0v) is 9.80. The summed E-state index contributed by atoms with van der Waals surface area (Å²) < 4.78 is 6.30. The number of alkyl halides is 2. The molecule has 0 radical (unpaired) electrons. The normalized spacial score (nSPS) is 45.8. The highest BCUT2D eigenvalue weighted by Crippen LogP contribution is 2.31. The average molecular weight is 289 g/mol. The molecular formula is C8H14ClIO. The molecule has 0 aromatic rings. The molecule has 0 aromatic heterocycles. The van der Waals surface area contributed by atoms with Gasteiger partial charge in [0.2, 0.25) is 0 Å². The number of halogens is 2. The molecule has 0 amide bonds. The van der Waals surface area contributed by atoms with E-state index in [1.807, 2.05) is 0 Å². The molecule has 1 rings (SSSR count). The van der Waals surface area contributed by atoms with Crippen molar-refractivity contribution in [1.29, 1.82) is 0 Å². The van der Waals surface area contributed by atoms with Crippen molar-refractivity contribution in [3.63, 3.8) is 0 Å². The molecule has 0 aromatic carbocycles. The summed E-state index contributed by atoms with van der Waals surface area (Å²) in [5.41, 5.74) is 0. The van der Waals surface area contributed by atoms with E-state index in [0.29, 0.717) is 21.6 Å². The minimum absolute atomic E-state index is 0.273. The van der Waals surface area contributed by atoms with Crippen molar-refractivity contribution in [1.82, 2.24) is 0 Å². The minimum Gasteiger partial charge on any atom is -0.376 e. The summed E-state index contributed by atoms with van der Waals surface area (Å²) in [6, 6.07) is 0. The van der Waals surface area contributed by atoms with Gasteiger partial charge in [0, 0.05) is 9.80 Å².